The Labute approximate surface area is 79.3 Å². The molecule has 1 aliphatic heterocycles. The second kappa shape index (κ2) is 6.26. The molecular formula is C8H16ClNO2. The molecule has 0 aliphatic carbocycles. The number of ether oxygens (including phenoxy) is 1. The first-order valence-electron chi connectivity index (χ1n) is 4.16. The maximum atomic E-state index is 11.0. The van der Waals surface area contributed by atoms with E-state index >= 15 is 0 Å². The van der Waals surface area contributed by atoms with Crippen LogP contribution in [-0.4, -0.2) is 25.7 Å². The monoisotopic (exact) mass is 193 g/mol. The van der Waals surface area contributed by atoms with E-state index in [2.05, 4.69) is 10.1 Å². The van der Waals surface area contributed by atoms with Gasteiger partial charge >= 0.3 is 5.97 Å². The molecule has 0 amide bonds. The van der Waals surface area contributed by atoms with E-state index in [0.29, 0.717) is 0 Å². The molecule has 0 aromatic heterocycles. The van der Waals surface area contributed by atoms with Gasteiger partial charge < -0.3 is 10.1 Å². The quantitative estimate of drug-likeness (QED) is 0.635. The van der Waals surface area contributed by atoms with Crippen LogP contribution < -0.4 is 5.32 Å². The van der Waals surface area contributed by atoms with Crippen molar-refractivity contribution in [1.29, 1.82) is 0 Å². The summed E-state index contributed by atoms with van der Waals surface area (Å²) in [5, 5.41) is 3.16. The Morgan fingerprint density at radius 2 is 2.17 bits per heavy atom. The third kappa shape index (κ3) is 3.41. The van der Waals surface area contributed by atoms with Crippen molar-refractivity contribution in [2.45, 2.75) is 31.7 Å². The van der Waals surface area contributed by atoms with Crippen LogP contribution in [0, 0.1) is 0 Å². The molecule has 0 bridgehead atoms. The van der Waals surface area contributed by atoms with Crippen molar-refractivity contribution in [3.63, 3.8) is 0 Å². The van der Waals surface area contributed by atoms with Crippen LogP contribution in [0.5, 0.6) is 0 Å². The van der Waals surface area contributed by atoms with Crippen LogP contribution >= 0.6 is 12.4 Å². The fourth-order valence-electron chi connectivity index (χ4n) is 1.37. The molecule has 0 unspecified atom stereocenters. The normalized spacial score (nSPS) is 23.6. The first-order chi connectivity index (χ1) is 5.34. The smallest absolute Gasteiger partial charge is 0.322 e. The summed E-state index contributed by atoms with van der Waals surface area (Å²) in [7, 11) is 1.44. The van der Waals surface area contributed by atoms with Crippen LogP contribution in [0.15, 0.2) is 0 Å². The molecule has 0 radical (unpaired) electrons. The number of carbonyl (C=O) groups excluding carboxylic acids is 1. The number of esters is 1. The SMILES string of the molecule is COC(=O)[C@@H]1CCCCCN1.Cl. The van der Waals surface area contributed by atoms with Crippen LogP contribution in [0.2, 0.25) is 0 Å². The predicted molar refractivity (Wildman–Crippen MR) is 49.5 cm³/mol. The third-order valence-electron chi connectivity index (χ3n) is 2.05. The molecule has 3 nitrogen and oxygen atoms in total. The van der Waals surface area contributed by atoms with E-state index < -0.39 is 0 Å². The lowest BCUT2D eigenvalue weighted by atomic mass is 10.1. The lowest BCUT2D eigenvalue weighted by molar-refractivity contribution is -0.143. The van der Waals surface area contributed by atoms with E-state index in [9.17, 15) is 4.79 Å². The molecule has 1 heterocycles. The van der Waals surface area contributed by atoms with Gasteiger partial charge in [0.1, 0.15) is 6.04 Å². The molecule has 0 spiro atoms. The molecule has 1 aliphatic rings. The van der Waals surface area contributed by atoms with Gasteiger partial charge in [0.15, 0.2) is 0 Å². The first-order valence-corrected chi connectivity index (χ1v) is 4.16. The predicted octanol–water partition coefficient (Wildman–Crippen LogP) is 1.11. The second-order valence-corrected chi connectivity index (χ2v) is 2.88. The van der Waals surface area contributed by atoms with E-state index in [1.54, 1.807) is 0 Å². The van der Waals surface area contributed by atoms with Crippen LogP contribution in [0.3, 0.4) is 0 Å². The summed E-state index contributed by atoms with van der Waals surface area (Å²) >= 11 is 0. The zero-order valence-corrected chi connectivity index (χ0v) is 8.15. The van der Waals surface area contributed by atoms with Gasteiger partial charge in [-0.15, -0.1) is 12.4 Å². The number of hydrogen-bond donors (Lipinski definition) is 1. The summed E-state index contributed by atoms with van der Waals surface area (Å²) in [6.07, 6.45) is 4.45. The first kappa shape index (κ1) is 11.7. The second-order valence-electron chi connectivity index (χ2n) is 2.88. The van der Waals surface area contributed by atoms with Gasteiger partial charge in [-0.25, -0.2) is 0 Å². The maximum Gasteiger partial charge on any atom is 0.322 e. The minimum Gasteiger partial charge on any atom is -0.468 e. The largest absolute Gasteiger partial charge is 0.468 e. The highest BCUT2D eigenvalue weighted by atomic mass is 35.5. The Morgan fingerprint density at radius 3 is 2.83 bits per heavy atom. The van der Waals surface area contributed by atoms with Gasteiger partial charge in [0.2, 0.25) is 0 Å². The van der Waals surface area contributed by atoms with Crippen molar-refractivity contribution in [2.75, 3.05) is 13.7 Å². The standard InChI is InChI=1S/C8H15NO2.ClH/c1-11-8(10)7-5-3-2-4-6-9-7;/h7,9H,2-6H2,1H3;1H/t7-;/m0./s1. The summed E-state index contributed by atoms with van der Waals surface area (Å²) < 4.78 is 4.64. The van der Waals surface area contributed by atoms with Gasteiger partial charge in [-0.05, 0) is 19.4 Å². The van der Waals surface area contributed by atoms with Crippen LogP contribution in [0.4, 0.5) is 0 Å². The number of hydrogen-bond acceptors (Lipinski definition) is 3. The Morgan fingerprint density at radius 1 is 1.42 bits per heavy atom. The molecule has 0 aromatic rings. The molecule has 12 heavy (non-hydrogen) atoms. The van der Waals surface area contributed by atoms with Gasteiger partial charge in [-0.2, -0.15) is 0 Å². The minimum atomic E-state index is -0.119. The van der Waals surface area contributed by atoms with Gasteiger partial charge in [0, 0.05) is 0 Å². The highest BCUT2D eigenvalue weighted by molar-refractivity contribution is 5.85. The molecule has 1 atom stereocenters. The summed E-state index contributed by atoms with van der Waals surface area (Å²) in [5.41, 5.74) is 0. The number of halogens is 1. The van der Waals surface area contributed by atoms with E-state index in [1.165, 1.54) is 20.0 Å². The summed E-state index contributed by atoms with van der Waals surface area (Å²) in [6, 6.07) is -0.0532. The molecule has 1 saturated heterocycles. The van der Waals surface area contributed by atoms with Gasteiger partial charge in [-0.3, -0.25) is 4.79 Å². The van der Waals surface area contributed by atoms with Crippen molar-refractivity contribution in [1.82, 2.24) is 5.32 Å². The van der Waals surface area contributed by atoms with Gasteiger partial charge in [0.05, 0.1) is 7.11 Å². The zero-order valence-electron chi connectivity index (χ0n) is 7.34. The maximum absolute atomic E-state index is 11.0. The lowest BCUT2D eigenvalue weighted by Crippen LogP contribution is -2.36. The molecular weight excluding hydrogens is 178 g/mol. The lowest BCUT2D eigenvalue weighted by Gasteiger charge is -2.11. The summed E-state index contributed by atoms with van der Waals surface area (Å²) in [4.78, 5) is 11.0. The molecule has 1 fully saturated rings. The number of rotatable bonds is 1. The molecule has 72 valence electrons. The molecule has 0 aromatic carbocycles. The Hall–Kier alpha value is -0.280. The Balaban J connectivity index is 0.00000121. The van der Waals surface area contributed by atoms with E-state index in [4.69, 9.17) is 0 Å². The fourth-order valence-corrected chi connectivity index (χ4v) is 1.37. The van der Waals surface area contributed by atoms with Crippen molar-refractivity contribution in [3.8, 4) is 0 Å². The molecule has 1 rings (SSSR count). The molecule has 0 saturated carbocycles. The van der Waals surface area contributed by atoms with E-state index in [0.717, 1.165) is 19.4 Å². The number of carbonyl (C=O) groups is 1. The van der Waals surface area contributed by atoms with Crippen LogP contribution in [0.1, 0.15) is 25.7 Å². The van der Waals surface area contributed by atoms with Crippen molar-refractivity contribution < 1.29 is 9.53 Å². The number of nitrogens with one attached hydrogen (secondary N) is 1. The molecule has 1 N–H and O–H groups in total. The van der Waals surface area contributed by atoms with Crippen molar-refractivity contribution in [2.24, 2.45) is 0 Å². The highest BCUT2D eigenvalue weighted by Gasteiger charge is 2.19. The molecule has 4 heteroatoms. The third-order valence-corrected chi connectivity index (χ3v) is 2.05. The highest BCUT2D eigenvalue weighted by Crippen LogP contribution is 2.08. The average molecular weight is 194 g/mol. The summed E-state index contributed by atoms with van der Waals surface area (Å²) in [6.45, 7) is 0.944. The number of methoxy groups -OCH3 is 1. The van der Waals surface area contributed by atoms with Crippen LogP contribution in [0.25, 0.3) is 0 Å². The summed E-state index contributed by atoms with van der Waals surface area (Å²) in [5.74, 6) is -0.119. The Bertz CT molecular complexity index is 133. The zero-order chi connectivity index (χ0) is 8.10. The van der Waals surface area contributed by atoms with E-state index in [-0.39, 0.29) is 24.4 Å². The van der Waals surface area contributed by atoms with Gasteiger partial charge in [-0.1, -0.05) is 12.8 Å². The fraction of sp³-hybridized carbons (Fsp3) is 0.875. The Kier molecular flexibility index (Phi) is 6.11. The van der Waals surface area contributed by atoms with Crippen molar-refractivity contribution >= 4 is 18.4 Å². The average Bonchev–Trinajstić information content (AvgIpc) is 2.30. The minimum absolute atomic E-state index is 0. The van der Waals surface area contributed by atoms with Gasteiger partial charge in [0.25, 0.3) is 0 Å². The topological polar surface area (TPSA) is 38.3 Å². The van der Waals surface area contributed by atoms with Crippen molar-refractivity contribution in [3.05, 3.63) is 0 Å². The van der Waals surface area contributed by atoms with Crippen LogP contribution in [-0.2, 0) is 9.53 Å². The van der Waals surface area contributed by atoms with E-state index in [1.807, 2.05) is 0 Å².